The highest BCUT2D eigenvalue weighted by Crippen LogP contribution is 2.40. The highest BCUT2D eigenvalue weighted by Gasteiger charge is 2.21. The Morgan fingerprint density at radius 2 is 2.00 bits per heavy atom. The van der Waals surface area contributed by atoms with Crippen molar-refractivity contribution < 1.29 is 19.1 Å². The molecule has 0 amide bonds. The molecule has 0 aromatic carbocycles. The van der Waals surface area contributed by atoms with Crippen molar-refractivity contribution in [3.05, 3.63) is 27.4 Å². The molecule has 0 aliphatic rings. The van der Waals surface area contributed by atoms with Crippen LogP contribution in [0.25, 0.3) is 11.5 Å². The zero-order valence-corrected chi connectivity index (χ0v) is 11.3. The van der Waals surface area contributed by atoms with Gasteiger partial charge in [-0.05, 0) is 23.7 Å². The van der Waals surface area contributed by atoms with E-state index < -0.39 is 12.0 Å². The number of pyridine rings is 1. The lowest BCUT2D eigenvalue weighted by Crippen LogP contribution is -2.07. The average Bonchev–Trinajstić information content (AvgIpc) is 2.76. The van der Waals surface area contributed by atoms with Crippen LogP contribution in [-0.4, -0.2) is 16.2 Å². The molecule has 2 heterocycles. The maximum Gasteiger partial charge on any atom is 0.512 e. The Morgan fingerprint density at radius 1 is 1.32 bits per heavy atom. The molecule has 0 aliphatic carbocycles. The Morgan fingerprint density at radius 3 is 2.53 bits per heavy atom. The molecule has 2 aromatic heterocycles. The first-order valence-electron chi connectivity index (χ1n) is 4.71. The van der Waals surface area contributed by atoms with Crippen molar-refractivity contribution >= 4 is 46.6 Å². The number of ether oxygens (including phenoxy) is 1. The molecule has 9 heteroatoms. The molecule has 6 nitrogen and oxygen atoms in total. The average molecular weight is 324 g/mol. The van der Waals surface area contributed by atoms with E-state index in [4.69, 9.17) is 50.1 Å². The molecule has 0 saturated heterocycles. The predicted molar refractivity (Wildman–Crippen MR) is 70.0 cm³/mol. The summed E-state index contributed by atoms with van der Waals surface area (Å²) in [5.41, 5.74) is 5.66. The first-order chi connectivity index (χ1) is 8.90. The second-order valence-corrected chi connectivity index (χ2v) is 4.41. The number of hydrogen-bond acceptors (Lipinski definition) is 5. The van der Waals surface area contributed by atoms with Gasteiger partial charge < -0.3 is 20.0 Å². The first kappa shape index (κ1) is 13.8. The topological polar surface area (TPSA) is 98.6 Å². The fraction of sp³-hybridized carbons (Fsp3) is 0. The van der Waals surface area contributed by atoms with Crippen LogP contribution in [0.1, 0.15) is 0 Å². The van der Waals surface area contributed by atoms with E-state index in [-0.39, 0.29) is 32.4 Å². The Bertz CT molecular complexity index is 656. The van der Waals surface area contributed by atoms with Gasteiger partial charge in [-0.2, -0.15) is 0 Å². The third-order valence-corrected chi connectivity index (χ3v) is 3.02. The van der Waals surface area contributed by atoms with Gasteiger partial charge in [-0.15, -0.1) is 0 Å². The van der Waals surface area contributed by atoms with Crippen LogP contribution >= 0.6 is 34.8 Å². The minimum Gasteiger partial charge on any atom is -0.449 e. The summed E-state index contributed by atoms with van der Waals surface area (Å²) < 4.78 is 9.53. The van der Waals surface area contributed by atoms with Crippen molar-refractivity contribution in [2.24, 2.45) is 0 Å². The molecule has 0 bridgehead atoms. The van der Waals surface area contributed by atoms with Crippen molar-refractivity contribution in [2.45, 2.75) is 0 Å². The standard InChI is InChI=1S/C10H5Cl3N2O4/c11-4-2-1-3(18-4)8-5(12)7(14)6(13)9(15-8)19-10(16)17/h1-2H,(H2,14,15)(H,16,17). The van der Waals surface area contributed by atoms with E-state index in [2.05, 4.69) is 9.72 Å². The fourth-order valence-corrected chi connectivity index (χ4v) is 1.89. The number of nitrogen functional groups attached to an aromatic ring is 1. The predicted octanol–water partition coefficient (Wildman–Crippen LogP) is 3.94. The van der Waals surface area contributed by atoms with Crippen LogP contribution in [0.2, 0.25) is 15.3 Å². The second-order valence-electron chi connectivity index (χ2n) is 3.28. The Balaban J connectivity index is 2.61. The van der Waals surface area contributed by atoms with Crippen LogP contribution in [0.5, 0.6) is 5.88 Å². The Kier molecular flexibility index (Phi) is 3.75. The summed E-state index contributed by atoms with van der Waals surface area (Å²) >= 11 is 17.4. The number of nitrogens with zero attached hydrogens (tertiary/aromatic N) is 1. The van der Waals surface area contributed by atoms with Crippen molar-refractivity contribution in [1.29, 1.82) is 0 Å². The number of nitrogens with two attached hydrogens (primary N) is 1. The number of rotatable bonds is 2. The number of aromatic nitrogens is 1. The maximum absolute atomic E-state index is 10.5. The summed E-state index contributed by atoms with van der Waals surface area (Å²) in [4.78, 5) is 14.4. The molecule has 0 saturated carbocycles. The van der Waals surface area contributed by atoms with Crippen LogP contribution in [0.15, 0.2) is 16.5 Å². The molecule has 0 atom stereocenters. The summed E-state index contributed by atoms with van der Waals surface area (Å²) in [5, 5.41) is 8.50. The van der Waals surface area contributed by atoms with Gasteiger partial charge in [0.05, 0.1) is 10.7 Å². The minimum atomic E-state index is -1.58. The van der Waals surface area contributed by atoms with Gasteiger partial charge in [-0.1, -0.05) is 23.2 Å². The van der Waals surface area contributed by atoms with E-state index in [0.29, 0.717) is 0 Å². The van der Waals surface area contributed by atoms with Crippen LogP contribution in [0.4, 0.5) is 10.5 Å². The summed E-state index contributed by atoms with van der Waals surface area (Å²) in [6, 6.07) is 2.96. The van der Waals surface area contributed by atoms with Crippen LogP contribution in [0.3, 0.4) is 0 Å². The van der Waals surface area contributed by atoms with E-state index in [0.717, 1.165) is 0 Å². The summed E-state index contributed by atoms with van der Waals surface area (Å²) in [5.74, 6) is -0.188. The number of furan rings is 1. The van der Waals surface area contributed by atoms with Crippen molar-refractivity contribution in [3.63, 3.8) is 0 Å². The lowest BCUT2D eigenvalue weighted by atomic mass is 10.2. The summed E-state index contributed by atoms with van der Waals surface area (Å²) in [7, 11) is 0. The smallest absolute Gasteiger partial charge is 0.449 e. The number of anilines is 1. The van der Waals surface area contributed by atoms with E-state index in [1.807, 2.05) is 0 Å². The normalized spacial score (nSPS) is 10.5. The highest BCUT2D eigenvalue weighted by atomic mass is 35.5. The molecule has 3 N–H and O–H groups in total. The van der Waals surface area contributed by atoms with Gasteiger partial charge in [0.1, 0.15) is 10.7 Å². The van der Waals surface area contributed by atoms with Crippen molar-refractivity contribution in [3.8, 4) is 17.3 Å². The zero-order chi connectivity index (χ0) is 14.2. The van der Waals surface area contributed by atoms with Crippen LogP contribution in [-0.2, 0) is 0 Å². The Hall–Kier alpha value is -1.63. The third-order valence-electron chi connectivity index (χ3n) is 2.07. The SMILES string of the molecule is Nc1c(Cl)c(OC(=O)O)nc(-c2ccc(Cl)o2)c1Cl. The molecule has 0 unspecified atom stereocenters. The lowest BCUT2D eigenvalue weighted by Gasteiger charge is -2.09. The molecule has 2 rings (SSSR count). The molecular formula is C10H5Cl3N2O4. The number of carboxylic acid groups (broad SMARTS) is 1. The van der Waals surface area contributed by atoms with Gasteiger partial charge in [0.25, 0.3) is 0 Å². The fourth-order valence-electron chi connectivity index (χ4n) is 1.29. The van der Waals surface area contributed by atoms with Gasteiger partial charge in [-0.3, -0.25) is 0 Å². The maximum atomic E-state index is 10.5. The molecule has 0 aliphatic heterocycles. The van der Waals surface area contributed by atoms with Gasteiger partial charge >= 0.3 is 6.16 Å². The summed E-state index contributed by atoms with van der Waals surface area (Å²) in [6.07, 6.45) is -1.58. The quantitative estimate of drug-likeness (QED) is 0.812. The largest absolute Gasteiger partial charge is 0.512 e. The van der Waals surface area contributed by atoms with E-state index in [9.17, 15) is 4.79 Å². The van der Waals surface area contributed by atoms with Gasteiger partial charge in [0.15, 0.2) is 11.0 Å². The second kappa shape index (κ2) is 5.16. The first-order valence-corrected chi connectivity index (χ1v) is 5.84. The van der Waals surface area contributed by atoms with Crippen LogP contribution < -0.4 is 10.5 Å². The summed E-state index contributed by atoms with van der Waals surface area (Å²) in [6.45, 7) is 0. The van der Waals surface area contributed by atoms with E-state index in [1.165, 1.54) is 12.1 Å². The van der Waals surface area contributed by atoms with Crippen molar-refractivity contribution in [2.75, 3.05) is 5.73 Å². The van der Waals surface area contributed by atoms with E-state index in [1.54, 1.807) is 0 Å². The van der Waals surface area contributed by atoms with Gasteiger partial charge in [0.2, 0.25) is 5.88 Å². The van der Waals surface area contributed by atoms with E-state index >= 15 is 0 Å². The van der Waals surface area contributed by atoms with Crippen molar-refractivity contribution in [1.82, 2.24) is 4.98 Å². The molecule has 100 valence electrons. The molecule has 0 radical (unpaired) electrons. The lowest BCUT2D eigenvalue weighted by molar-refractivity contribution is 0.142. The number of carbonyl (C=O) groups is 1. The molecule has 2 aromatic rings. The monoisotopic (exact) mass is 322 g/mol. The third kappa shape index (κ3) is 2.70. The number of hydrogen-bond donors (Lipinski definition) is 2. The van der Waals surface area contributed by atoms with Gasteiger partial charge in [-0.25, -0.2) is 9.78 Å². The minimum absolute atomic E-state index is 0.00811. The zero-order valence-electron chi connectivity index (χ0n) is 8.99. The Labute approximate surface area is 121 Å². The highest BCUT2D eigenvalue weighted by molar-refractivity contribution is 6.41. The molecular weight excluding hydrogens is 318 g/mol. The van der Waals surface area contributed by atoms with Crippen LogP contribution in [0, 0.1) is 0 Å². The molecule has 0 spiro atoms. The number of halogens is 3. The molecule has 0 fully saturated rings. The molecule has 19 heavy (non-hydrogen) atoms. The van der Waals surface area contributed by atoms with Gasteiger partial charge in [0, 0.05) is 0 Å².